The molecule has 8 nitrogen and oxygen atoms in total. The average molecular weight is 501 g/mol. The monoisotopic (exact) mass is 500 g/mol. The van der Waals surface area contributed by atoms with E-state index < -0.39 is 12.3 Å². The van der Waals surface area contributed by atoms with E-state index in [1.807, 2.05) is 6.92 Å². The number of pyridine rings is 1. The molecule has 1 N–H and O–H groups in total. The Bertz CT molecular complexity index is 1250. The molecule has 0 atom stereocenters. The second-order valence-electron chi connectivity index (χ2n) is 8.79. The lowest BCUT2D eigenvalue weighted by Gasteiger charge is -2.35. The molecule has 3 heterocycles. The second-order valence-corrected chi connectivity index (χ2v) is 8.79. The van der Waals surface area contributed by atoms with Gasteiger partial charge in [0, 0.05) is 25.2 Å². The Morgan fingerprint density at radius 3 is 2.42 bits per heavy atom. The summed E-state index contributed by atoms with van der Waals surface area (Å²) in [7, 11) is 4.20. The van der Waals surface area contributed by atoms with Crippen LogP contribution in [0.5, 0.6) is 5.75 Å². The number of carbonyl (C=O) groups excluding carboxylic acids is 1. The molecule has 0 radical (unpaired) electrons. The number of nitrogens with zero attached hydrogens (tertiary/aromatic N) is 5. The summed E-state index contributed by atoms with van der Waals surface area (Å²) in [6.07, 6.45) is 0.104. The smallest absolute Gasteiger partial charge is 0.406 e. The zero-order valence-electron chi connectivity index (χ0n) is 20.2. The summed E-state index contributed by atoms with van der Waals surface area (Å²) in [6.45, 7) is 3.64. The van der Waals surface area contributed by atoms with Crippen molar-refractivity contribution < 1.29 is 22.7 Å². The summed E-state index contributed by atoms with van der Waals surface area (Å²) in [6, 6.07) is 9.22. The Balaban J connectivity index is 1.40. The SMILES string of the molecule is Cc1nc(N2CCC(N(C)C)CC2)nc2ccc(NC(=O)/C=C/c3ccc(OC(F)(F)F)cc3)nc12. The van der Waals surface area contributed by atoms with E-state index in [0.29, 0.717) is 34.4 Å². The van der Waals surface area contributed by atoms with Gasteiger partial charge in [-0.1, -0.05) is 12.1 Å². The van der Waals surface area contributed by atoms with E-state index >= 15 is 0 Å². The molecule has 2 aromatic heterocycles. The van der Waals surface area contributed by atoms with Crippen LogP contribution in [0.4, 0.5) is 24.9 Å². The van der Waals surface area contributed by atoms with Gasteiger partial charge in [-0.05, 0) is 69.8 Å². The summed E-state index contributed by atoms with van der Waals surface area (Å²) >= 11 is 0. The van der Waals surface area contributed by atoms with Gasteiger partial charge in [-0.3, -0.25) is 4.79 Å². The molecule has 3 aromatic rings. The first-order valence-corrected chi connectivity index (χ1v) is 11.5. The molecule has 1 amide bonds. The zero-order chi connectivity index (χ0) is 25.9. The zero-order valence-corrected chi connectivity index (χ0v) is 20.2. The molecule has 1 aliphatic rings. The van der Waals surface area contributed by atoms with Crippen LogP contribution in [0.15, 0.2) is 42.5 Å². The maximum Gasteiger partial charge on any atom is 0.573 e. The van der Waals surface area contributed by atoms with Crippen molar-refractivity contribution in [3.63, 3.8) is 0 Å². The number of hydrogen-bond acceptors (Lipinski definition) is 7. The van der Waals surface area contributed by atoms with Gasteiger partial charge in [0.05, 0.1) is 11.2 Å². The minimum absolute atomic E-state index is 0.330. The van der Waals surface area contributed by atoms with Gasteiger partial charge in [-0.15, -0.1) is 13.2 Å². The molecule has 1 saturated heterocycles. The highest BCUT2D eigenvalue weighted by molar-refractivity contribution is 6.01. The fourth-order valence-electron chi connectivity index (χ4n) is 4.06. The summed E-state index contributed by atoms with van der Waals surface area (Å²) in [5, 5.41) is 2.69. The lowest BCUT2D eigenvalue weighted by atomic mass is 10.0. The first-order valence-electron chi connectivity index (χ1n) is 11.5. The normalized spacial score (nSPS) is 15.1. The molecule has 36 heavy (non-hydrogen) atoms. The summed E-state index contributed by atoms with van der Waals surface area (Å²) in [4.78, 5) is 30.6. The van der Waals surface area contributed by atoms with Gasteiger partial charge in [-0.25, -0.2) is 15.0 Å². The highest BCUT2D eigenvalue weighted by Gasteiger charge is 2.31. The number of rotatable bonds is 6. The summed E-state index contributed by atoms with van der Waals surface area (Å²) < 4.78 is 40.6. The van der Waals surface area contributed by atoms with E-state index in [2.05, 4.69) is 48.9 Å². The predicted octanol–water partition coefficient (Wildman–Crippen LogP) is 4.41. The fourth-order valence-corrected chi connectivity index (χ4v) is 4.06. The van der Waals surface area contributed by atoms with Crippen LogP contribution in [0.2, 0.25) is 0 Å². The number of benzene rings is 1. The number of nitrogens with one attached hydrogen (secondary N) is 1. The van der Waals surface area contributed by atoms with E-state index in [4.69, 9.17) is 0 Å². The molecule has 0 bridgehead atoms. The number of carbonyl (C=O) groups is 1. The Labute approximate surface area is 206 Å². The average Bonchev–Trinajstić information content (AvgIpc) is 2.83. The molecule has 4 rings (SSSR count). The molecule has 0 aliphatic carbocycles. The Morgan fingerprint density at radius 1 is 1.08 bits per heavy atom. The lowest BCUT2D eigenvalue weighted by Crippen LogP contribution is -2.42. The number of fused-ring (bicyclic) bond motifs is 1. The fraction of sp³-hybridized carbons (Fsp3) is 0.360. The van der Waals surface area contributed by atoms with E-state index in [1.54, 1.807) is 12.1 Å². The molecule has 0 spiro atoms. The molecular formula is C25H27F3N6O2. The number of halogens is 3. The van der Waals surface area contributed by atoms with Crippen LogP contribution in [0.1, 0.15) is 24.1 Å². The minimum Gasteiger partial charge on any atom is -0.406 e. The van der Waals surface area contributed by atoms with Crippen molar-refractivity contribution in [1.29, 1.82) is 0 Å². The van der Waals surface area contributed by atoms with Crippen molar-refractivity contribution in [3.8, 4) is 5.75 Å². The highest BCUT2D eigenvalue weighted by Crippen LogP contribution is 2.24. The van der Waals surface area contributed by atoms with Crippen molar-refractivity contribution in [1.82, 2.24) is 19.9 Å². The van der Waals surface area contributed by atoms with Crippen LogP contribution < -0.4 is 15.0 Å². The molecule has 0 unspecified atom stereocenters. The number of ether oxygens (including phenoxy) is 1. The number of hydrogen-bond donors (Lipinski definition) is 1. The molecule has 1 aliphatic heterocycles. The van der Waals surface area contributed by atoms with Crippen molar-refractivity contribution in [3.05, 3.63) is 53.7 Å². The Kier molecular flexibility index (Phi) is 7.39. The van der Waals surface area contributed by atoms with Crippen molar-refractivity contribution in [2.75, 3.05) is 37.4 Å². The van der Waals surface area contributed by atoms with Gasteiger partial charge >= 0.3 is 6.36 Å². The van der Waals surface area contributed by atoms with Crippen molar-refractivity contribution >= 4 is 34.8 Å². The number of anilines is 2. The largest absolute Gasteiger partial charge is 0.573 e. The number of piperidine rings is 1. The first-order chi connectivity index (χ1) is 17.1. The summed E-state index contributed by atoms with van der Waals surface area (Å²) in [5.74, 6) is 0.266. The Morgan fingerprint density at radius 2 is 1.78 bits per heavy atom. The maximum atomic E-state index is 12.3. The van der Waals surface area contributed by atoms with Gasteiger partial charge in [0.2, 0.25) is 11.9 Å². The lowest BCUT2D eigenvalue weighted by molar-refractivity contribution is -0.274. The van der Waals surface area contributed by atoms with E-state index in [9.17, 15) is 18.0 Å². The van der Waals surface area contributed by atoms with Crippen LogP contribution >= 0.6 is 0 Å². The first kappa shape index (κ1) is 25.4. The Hall–Kier alpha value is -3.73. The van der Waals surface area contributed by atoms with Crippen LogP contribution in [0.25, 0.3) is 17.1 Å². The molecule has 1 aromatic carbocycles. The number of aryl methyl sites for hydroxylation is 1. The second kappa shape index (κ2) is 10.5. The predicted molar refractivity (Wildman–Crippen MR) is 132 cm³/mol. The third-order valence-electron chi connectivity index (χ3n) is 5.97. The van der Waals surface area contributed by atoms with Gasteiger partial charge in [-0.2, -0.15) is 0 Å². The number of alkyl halides is 3. The molecule has 190 valence electrons. The topological polar surface area (TPSA) is 83.5 Å². The standard InChI is InChI=1S/C25H27F3N6O2/c1-16-23-20(30-24(29-16)34-14-12-18(13-15-34)33(2)3)9-10-21(32-23)31-22(35)11-6-17-4-7-19(8-5-17)36-25(26,27)28/h4-11,18H,12-15H2,1-3H3,(H,31,32,35)/b11-6+. The summed E-state index contributed by atoms with van der Waals surface area (Å²) in [5.41, 5.74) is 2.56. The molecule has 0 saturated carbocycles. The van der Waals surface area contributed by atoms with Crippen LogP contribution in [0.3, 0.4) is 0 Å². The van der Waals surface area contributed by atoms with E-state index in [1.165, 1.54) is 36.4 Å². The van der Waals surface area contributed by atoms with Crippen LogP contribution in [-0.2, 0) is 4.79 Å². The number of aromatic nitrogens is 3. The van der Waals surface area contributed by atoms with E-state index in [-0.39, 0.29) is 5.75 Å². The van der Waals surface area contributed by atoms with E-state index in [0.717, 1.165) is 31.6 Å². The van der Waals surface area contributed by atoms with Gasteiger partial charge < -0.3 is 19.9 Å². The minimum atomic E-state index is -4.75. The van der Waals surface area contributed by atoms with Crippen molar-refractivity contribution in [2.45, 2.75) is 32.2 Å². The van der Waals surface area contributed by atoms with Gasteiger partial charge in [0.25, 0.3) is 0 Å². The molecule has 1 fully saturated rings. The van der Waals surface area contributed by atoms with Gasteiger partial charge in [0.1, 0.15) is 17.1 Å². The number of amides is 1. The quantitative estimate of drug-likeness (QED) is 0.502. The van der Waals surface area contributed by atoms with Crippen molar-refractivity contribution in [2.24, 2.45) is 0 Å². The van der Waals surface area contributed by atoms with Gasteiger partial charge in [0.15, 0.2) is 0 Å². The third-order valence-corrected chi connectivity index (χ3v) is 5.97. The molecule has 11 heteroatoms. The van der Waals surface area contributed by atoms with Crippen LogP contribution in [0, 0.1) is 6.92 Å². The maximum absolute atomic E-state index is 12.3. The molecular weight excluding hydrogens is 473 g/mol. The third kappa shape index (κ3) is 6.48. The highest BCUT2D eigenvalue weighted by atomic mass is 19.4. The van der Waals surface area contributed by atoms with Crippen LogP contribution in [-0.4, -0.2) is 65.3 Å².